The van der Waals surface area contributed by atoms with E-state index in [0.29, 0.717) is 5.56 Å². The molecule has 0 aliphatic carbocycles. The third-order valence-electron chi connectivity index (χ3n) is 2.82. The summed E-state index contributed by atoms with van der Waals surface area (Å²) in [7, 11) is 0. The SMILES string of the molecule is N#Cc1ccc([C@@H]2C[C@@H](O)CCN2)cc1. The van der Waals surface area contributed by atoms with Gasteiger partial charge in [0.05, 0.1) is 17.7 Å². The largest absolute Gasteiger partial charge is 0.393 e. The molecule has 0 radical (unpaired) electrons. The van der Waals surface area contributed by atoms with Gasteiger partial charge in [-0.3, -0.25) is 0 Å². The molecule has 3 nitrogen and oxygen atoms in total. The molecule has 1 saturated heterocycles. The molecule has 2 atom stereocenters. The number of benzene rings is 1. The Morgan fingerprint density at radius 1 is 1.33 bits per heavy atom. The van der Waals surface area contributed by atoms with Crippen LogP contribution in [0.3, 0.4) is 0 Å². The lowest BCUT2D eigenvalue weighted by atomic mass is 9.95. The van der Waals surface area contributed by atoms with Crippen LogP contribution in [-0.4, -0.2) is 17.8 Å². The first-order valence-electron chi connectivity index (χ1n) is 5.21. The summed E-state index contributed by atoms with van der Waals surface area (Å²) in [4.78, 5) is 0. The minimum atomic E-state index is -0.202. The van der Waals surface area contributed by atoms with Crippen LogP contribution in [0.15, 0.2) is 24.3 Å². The molecule has 0 saturated carbocycles. The predicted molar refractivity (Wildman–Crippen MR) is 57.1 cm³/mol. The number of hydrogen-bond acceptors (Lipinski definition) is 3. The van der Waals surface area contributed by atoms with Gasteiger partial charge in [0.1, 0.15) is 0 Å². The van der Waals surface area contributed by atoms with Crippen LogP contribution in [0, 0.1) is 11.3 Å². The lowest BCUT2D eigenvalue weighted by molar-refractivity contribution is 0.117. The van der Waals surface area contributed by atoms with E-state index in [2.05, 4.69) is 11.4 Å². The number of piperidine rings is 1. The molecule has 1 aromatic rings. The van der Waals surface area contributed by atoms with Crippen molar-refractivity contribution in [2.75, 3.05) is 6.54 Å². The molecular formula is C12H14N2O. The van der Waals surface area contributed by atoms with Crippen molar-refractivity contribution in [2.24, 2.45) is 0 Å². The van der Waals surface area contributed by atoms with Crippen molar-refractivity contribution < 1.29 is 5.11 Å². The lowest BCUT2D eigenvalue weighted by Crippen LogP contribution is -2.34. The molecule has 0 spiro atoms. The molecule has 3 heteroatoms. The van der Waals surface area contributed by atoms with E-state index in [1.54, 1.807) is 0 Å². The molecule has 1 fully saturated rings. The van der Waals surface area contributed by atoms with Gasteiger partial charge in [0.25, 0.3) is 0 Å². The molecule has 0 unspecified atom stereocenters. The Morgan fingerprint density at radius 2 is 2.07 bits per heavy atom. The van der Waals surface area contributed by atoms with Crippen molar-refractivity contribution in [1.82, 2.24) is 5.32 Å². The molecule has 2 rings (SSSR count). The van der Waals surface area contributed by atoms with E-state index in [1.165, 1.54) is 0 Å². The van der Waals surface area contributed by atoms with Crippen LogP contribution in [0.1, 0.15) is 30.0 Å². The summed E-state index contributed by atoms with van der Waals surface area (Å²) in [5.41, 5.74) is 1.82. The van der Waals surface area contributed by atoms with E-state index in [-0.39, 0.29) is 12.1 Å². The van der Waals surface area contributed by atoms with Crippen LogP contribution >= 0.6 is 0 Å². The van der Waals surface area contributed by atoms with Crippen molar-refractivity contribution in [2.45, 2.75) is 25.0 Å². The second kappa shape index (κ2) is 4.43. The highest BCUT2D eigenvalue weighted by Crippen LogP contribution is 2.23. The molecule has 1 aromatic carbocycles. The zero-order chi connectivity index (χ0) is 10.7. The van der Waals surface area contributed by atoms with E-state index in [4.69, 9.17) is 5.26 Å². The Balaban J connectivity index is 2.12. The molecule has 1 aliphatic heterocycles. The van der Waals surface area contributed by atoms with Gasteiger partial charge in [-0.25, -0.2) is 0 Å². The number of nitrogens with zero attached hydrogens (tertiary/aromatic N) is 1. The Morgan fingerprint density at radius 3 is 2.67 bits per heavy atom. The van der Waals surface area contributed by atoms with Gasteiger partial charge in [0.15, 0.2) is 0 Å². The number of nitriles is 1. The number of aliphatic hydroxyl groups is 1. The molecule has 15 heavy (non-hydrogen) atoms. The van der Waals surface area contributed by atoms with Crippen LogP contribution < -0.4 is 5.32 Å². The summed E-state index contributed by atoms with van der Waals surface area (Å²) in [6.07, 6.45) is 1.38. The van der Waals surface area contributed by atoms with Gasteiger partial charge in [-0.1, -0.05) is 12.1 Å². The van der Waals surface area contributed by atoms with E-state index in [0.717, 1.165) is 24.9 Å². The molecule has 78 valence electrons. The lowest BCUT2D eigenvalue weighted by Gasteiger charge is -2.27. The minimum absolute atomic E-state index is 0.202. The highest BCUT2D eigenvalue weighted by Gasteiger charge is 2.20. The highest BCUT2D eigenvalue weighted by atomic mass is 16.3. The van der Waals surface area contributed by atoms with Crippen LogP contribution in [0.4, 0.5) is 0 Å². The average Bonchev–Trinajstić information content (AvgIpc) is 2.29. The first kappa shape index (κ1) is 10.2. The van der Waals surface area contributed by atoms with Crippen molar-refractivity contribution in [1.29, 1.82) is 5.26 Å². The van der Waals surface area contributed by atoms with E-state index in [9.17, 15) is 5.11 Å². The number of hydrogen-bond donors (Lipinski definition) is 2. The topological polar surface area (TPSA) is 56.0 Å². The van der Waals surface area contributed by atoms with Crippen LogP contribution in [-0.2, 0) is 0 Å². The predicted octanol–water partition coefficient (Wildman–Crippen LogP) is 1.34. The standard InChI is InChI=1S/C12H14N2O/c13-8-9-1-3-10(4-2-9)12-7-11(15)5-6-14-12/h1-4,11-12,14-15H,5-7H2/t11-,12-/m0/s1. The zero-order valence-corrected chi connectivity index (χ0v) is 8.48. The second-order valence-corrected chi connectivity index (χ2v) is 3.92. The Kier molecular flexibility index (Phi) is 3.00. The summed E-state index contributed by atoms with van der Waals surface area (Å²) in [6.45, 7) is 0.853. The fourth-order valence-corrected chi connectivity index (χ4v) is 1.94. The average molecular weight is 202 g/mol. The molecule has 0 amide bonds. The summed E-state index contributed by atoms with van der Waals surface area (Å²) in [5, 5.41) is 21.6. The van der Waals surface area contributed by atoms with Gasteiger partial charge in [-0.2, -0.15) is 5.26 Å². The van der Waals surface area contributed by atoms with Crippen LogP contribution in [0.5, 0.6) is 0 Å². The molecular weight excluding hydrogens is 188 g/mol. The smallest absolute Gasteiger partial charge is 0.0991 e. The van der Waals surface area contributed by atoms with Gasteiger partial charge in [0.2, 0.25) is 0 Å². The first-order chi connectivity index (χ1) is 7.29. The number of aliphatic hydroxyl groups excluding tert-OH is 1. The van der Waals surface area contributed by atoms with Crippen molar-refractivity contribution in [3.05, 3.63) is 35.4 Å². The van der Waals surface area contributed by atoms with E-state index in [1.807, 2.05) is 24.3 Å². The normalized spacial score (nSPS) is 25.9. The Labute approximate surface area is 89.4 Å². The Bertz CT molecular complexity index is 366. The summed E-state index contributed by atoms with van der Waals surface area (Å²) in [5.74, 6) is 0. The molecule has 2 N–H and O–H groups in total. The fourth-order valence-electron chi connectivity index (χ4n) is 1.94. The van der Waals surface area contributed by atoms with Gasteiger partial charge in [-0.15, -0.1) is 0 Å². The van der Waals surface area contributed by atoms with Crippen molar-refractivity contribution in [3.63, 3.8) is 0 Å². The van der Waals surface area contributed by atoms with E-state index < -0.39 is 0 Å². The summed E-state index contributed by atoms with van der Waals surface area (Å²) >= 11 is 0. The third-order valence-corrected chi connectivity index (χ3v) is 2.82. The zero-order valence-electron chi connectivity index (χ0n) is 8.48. The molecule has 1 aliphatic rings. The monoisotopic (exact) mass is 202 g/mol. The molecule has 1 heterocycles. The molecule has 0 aromatic heterocycles. The molecule has 0 bridgehead atoms. The van der Waals surface area contributed by atoms with Gasteiger partial charge >= 0.3 is 0 Å². The van der Waals surface area contributed by atoms with E-state index >= 15 is 0 Å². The fraction of sp³-hybridized carbons (Fsp3) is 0.417. The summed E-state index contributed by atoms with van der Waals surface area (Å²) in [6, 6.07) is 9.86. The second-order valence-electron chi connectivity index (χ2n) is 3.92. The summed E-state index contributed by atoms with van der Waals surface area (Å²) < 4.78 is 0. The van der Waals surface area contributed by atoms with Crippen LogP contribution in [0.25, 0.3) is 0 Å². The maximum Gasteiger partial charge on any atom is 0.0991 e. The Hall–Kier alpha value is -1.37. The maximum absolute atomic E-state index is 9.55. The minimum Gasteiger partial charge on any atom is -0.393 e. The number of nitrogens with one attached hydrogen (secondary N) is 1. The number of rotatable bonds is 1. The van der Waals surface area contributed by atoms with Crippen molar-refractivity contribution in [3.8, 4) is 6.07 Å². The van der Waals surface area contributed by atoms with Crippen molar-refractivity contribution >= 4 is 0 Å². The first-order valence-corrected chi connectivity index (χ1v) is 5.21. The van der Waals surface area contributed by atoms with Gasteiger partial charge < -0.3 is 10.4 Å². The van der Waals surface area contributed by atoms with Gasteiger partial charge in [0, 0.05) is 6.04 Å². The third kappa shape index (κ3) is 2.35. The van der Waals surface area contributed by atoms with Crippen LogP contribution in [0.2, 0.25) is 0 Å². The maximum atomic E-state index is 9.55. The highest BCUT2D eigenvalue weighted by molar-refractivity contribution is 5.33. The van der Waals surface area contributed by atoms with Gasteiger partial charge in [-0.05, 0) is 37.1 Å². The quantitative estimate of drug-likeness (QED) is 0.722.